The van der Waals surface area contributed by atoms with Gasteiger partial charge in [-0.25, -0.2) is 0 Å². The summed E-state index contributed by atoms with van der Waals surface area (Å²) < 4.78 is 0. The monoisotopic (exact) mass is 243 g/mol. The van der Waals surface area contributed by atoms with Crippen molar-refractivity contribution in [3.05, 3.63) is 0 Å². The first kappa shape index (κ1) is 16.9. The van der Waals surface area contributed by atoms with Crippen LogP contribution < -0.4 is 5.32 Å². The van der Waals surface area contributed by atoms with E-state index in [0.717, 1.165) is 13.1 Å². The van der Waals surface area contributed by atoms with Crippen molar-refractivity contribution in [2.75, 3.05) is 47.3 Å². The highest BCUT2D eigenvalue weighted by Gasteiger charge is 2.24. The Morgan fingerprint density at radius 2 is 1.71 bits per heavy atom. The Balaban J connectivity index is 4.10. The number of nitrogens with zero attached hydrogens (tertiary/aromatic N) is 2. The van der Waals surface area contributed by atoms with Crippen molar-refractivity contribution in [1.82, 2.24) is 15.1 Å². The van der Waals surface area contributed by atoms with Gasteiger partial charge in [-0.1, -0.05) is 27.7 Å². The van der Waals surface area contributed by atoms with E-state index in [1.165, 1.54) is 19.5 Å². The maximum Gasteiger partial charge on any atom is 0.0240 e. The molecule has 0 spiro atoms. The number of hydrogen-bond donors (Lipinski definition) is 1. The number of nitrogens with one attached hydrogen (secondary N) is 1. The van der Waals surface area contributed by atoms with Gasteiger partial charge in [0, 0.05) is 12.6 Å². The highest BCUT2D eigenvalue weighted by molar-refractivity contribution is 4.82. The summed E-state index contributed by atoms with van der Waals surface area (Å²) in [6, 6.07) is 0.557. The Labute approximate surface area is 109 Å². The number of rotatable bonds is 8. The van der Waals surface area contributed by atoms with Crippen molar-refractivity contribution in [2.24, 2.45) is 5.41 Å². The Hall–Kier alpha value is -0.120. The lowest BCUT2D eigenvalue weighted by Crippen LogP contribution is -2.47. The third-order valence-corrected chi connectivity index (χ3v) is 3.36. The maximum atomic E-state index is 3.45. The molecule has 0 amide bonds. The first-order valence-electron chi connectivity index (χ1n) is 6.85. The molecule has 1 unspecified atom stereocenters. The molecular weight excluding hydrogens is 210 g/mol. The van der Waals surface area contributed by atoms with Gasteiger partial charge in [0.15, 0.2) is 0 Å². The summed E-state index contributed by atoms with van der Waals surface area (Å²) in [7, 11) is 6.35. The molecule has 0 saturated heterocycles. The Kier molecular flexibility index (Phi) is 8.01. The fraction of sp³-hybridized carbons (Fsp3) is 1.00. The van der Waals surface area contributed by atoms with Crippen LogP contribution in [0.3, 0.4) is 0 Å². The molecule has 0 bridgehead atoms. The largest absolute Gasteiger partial charge is 0.315 e. The molecule has 0 radical (unpaired) electrons. The summed E-state index contributed by atoms with van der Waals surface area (Å²) in [5.41, 5.74) is 0.323. The van der Waals surface area contributed by atoms with Gasteiger partial charge in [0.05, 0.1) is 0 Å². The fourth-order valence-electron chi connectivity index (χ4n) is 2.05. The van der Waals surface area contributed by atoms with Crippen LogP contribution in [0, 0.1) is 5.41 Å². The van der Waals surface area contributed by atoms with Gasteiger partial charge in [-0.05, 0) is 52.6 Å². The van der Waals surface area contributed by atoms with Crippen LogP contribution in [0.25, 0.3) is 0 Å². The zero-order valence-electron chi connectivity index (χ0n) is 13.0. The molecule has 104 valence electrons. The van der Waals surface area contributed by atoms with E-state index < -0.39 is 0 Å². The van der Waals surface area contributed by atoms with Crippen LogP contribution in [0.15, 0.2) is 0 Å². The normalized spacial score (nSPS) is 14.6. The third-order valence-electron chi connectivity index (χ3n) is 3.36. The predicted molar refractivity (Wildman–Crippen MR) is 77.6 cm³/mol. The average Bonchev–Trinajstić information content (AvgIpc) is 2.20. The molecular formula is C14H33N3. The first-order chi connectivity index (χ1) is 7.81. The van der Waals surface area contributed by atoms with Crippen molar-refractivity contribution in [1.29, 1.82) is 0 Å². The van der Waals surface area contributed by atoms with Crippen LogP contribution in [0.4, 0.5) is 0 Å². The van der Waals surface area contributed by atoms with Crippen LogP contribution in [0.5, 0.6) is 0 Å². The van der Waals surface area contributed by atoms with Gasteiger partial charge in [0.1, 0.15) is 0 Å². The molecule has 0 saturated carbocycles. The minimum atomic E-state index is 0.323. The quantitative estimate of drug-likeness (QED) is 0.702. The Morgan fingerprint density at radius 1 is 1.12 bits per heavy atom. The van der Waals surface area contributed by atoms with Gasteiger partial charge >= 0.3 is 0 Å². The lowest BCUT2D eigenvalue weighted by Gasteiger charge is -2.35. The SMILES string of the molecule is CCN(CCCN(C)C)CC(NC)C(C)(C)C. The molecule has 17 heavy (non-hydrogen) atoms. The molecule has 1 atom stereocenters. The zero-order valence-corrected chi connectivity index (χ0v) is 13.0. The molecule has 0 aromatic carbocycles. The van der Waals surface area contributed by atoms with Crippen molar-refractivity contribution in [2.45, 2.75) is 40.2 Å². The van der Waals surface area contributed by atoms with E-state index in [1.807, 2.05) is 0 Å². The van der Waals surface area contributed by atoms with E-state index in [0.29, 0.717) is 11.5 Å². The minimum absolute atomic E-state index is 0.323. The highest BCUT2D eigenvalue weighted by atomic mass is 15.2. The Morgan fingerprint density at radius 3 is 2.06 bits per heavy atom. The lowest BCUT2D eigenvalue weighted by atomic mass is 9.86. The summed E-state index contributed by atoms with van der Waals surface area (Å²) in [6.07, 6.45) is 1.25. The average molecular weight is 243 g/mol. The van der Waals surface area contributed by atoms with E-state index in [-0.39, 0.29) is 0 Å². The standard InChI is InChI=1S/C14H33N3/c1-8-17(11-9-10-16(6)7)12-13(15-5)14(2,3)4/h13,15H,8-12H2,1-7H3. The molecule has 3 heteroatoms. The smallest absolute Gasteiger partial charge is 0.0240 e. The molecule has 0 aromatic rings. The summed E-state index contributed by atoms with van der Waals surface area (Å²) in [4.78, 5) is 4.81. The van der Waals surface area contributed by atoms with E-state index in [2.05, 4.69) is 64.0 Å². The zero-order chi connectivity index (χ0) is 13.5. The molecule has 0 aliphatic heterocycles. The van der Waals surface area contributed by atoms with E-state index in [9.17, 15) is 0 Å². The van der Waals surface area contributed by atoms with Gasteiger partial charge < -0.3 is 15.1 Å². The summed E-state index contributed by atoms with van der Waals surface area (Å²) in [6.45, 7) is 13.8. The van der Waals surface area contributed by atoms with E-state index in [1.54, 1.807) is 0 Å². The first-order valence-corrected chi connectivity index (χ1v) is 6.85. The molecule has 3 nitrogen and oxygen atoms in total. The van der Waals surface area contributed by atoms with Gasteiger partial charge in [-0.15, -0.1) is 0 Å². The third kappa shape index (κ3) is 7.74. The Bertz CT molecular complexity index is 184. The fourth-order valence-corrected chi connectivity index (χ4v) is 2.05. The van der Waals surface area contributed by atoms with Crippen molar-refractivity contribution >= 4 is 0 Å². The molecule has 0 aliphatic carbocycles. The van der Waals surface area contributed by atoms with Crippen molar-refractivity contribution in [3.8, 4) is 0 Å². The molecule has 0 aliphatic rings. The number of likely N-dealkylation sites (N-methyl/N-ethyl adjacent to an activating group) is 2. The molecule has 1 N–H and O–H groups in total. The highest BCUT2D eigenvalue weighted by Crippen LogP contribution is 2.19. The molecule has 0 rings (SSSR count). The molecule has 0 fully saturated rings. The van der Waals surface area contributed by atoms with Crippen LogP contribution in [0.2, 0.25) is 0 Å². The second kappa shape index (κ2) is 8.06. The number of hydrogen-bond acceptors (Lipinski definition) is 3. The predicted octanol–water partition coefficient (Wildman–Crippen LogP) is 1.89. The van der Waals surface area contributed by atoms with Crippen LogP contribution in [-0.4, -0.2) is 63.2 Å². The summed E-state index contributed by atoms with van der Waals surface area (Å²) in [5, 5.41) is 3.45. The van der Waals surface area contributed by atoms with Gasteiger partial charge in [-0.2, -0.15) is 0 Å². The second-order valence-electron chi connectivity index (χ2n) is 6.26. The van der Waals surface area contributed by atoms with Crippen LogP contribution in [0.1, 0.15) is 34.1 Å². The summed E-state index contributed by atoms with van der Waals surface area (Å²) in [5.74, 6) is 0. The van der Waals surface area contributed by atoms with Crippen molar-refractivity contribution in [3.63, 3.8) is 0 Å². The van der Waals surface area contributed by atoms with Crippen LogP contribution in [-0.2, 0) is 0 Å². The summed E-state index contributed by atoms with van der Waals surface area (Å²) >= 11 is 0. The topological polar surface area (TPSA) is 18.5 Å². The van der Waals surface area contributed by atoms with E-state index in [4.69, 9.17) is 0 Å². The maximum absolute atomic E-state index is 3.45. The molecule has 0 aromatic heterocycles. The van der Waals surface area contributed by atoms with Gasteiger partial charge in [0.25, 0.3) is 0 Å². The molecule has 0 heterocycles. The second-order valence-corrected chi connectivity index (χ2v) is 6.26. The minimum Gasteiger partial charge on any atom is -0.315 e. The van der Waals surface area contributed by atoms with Gasteiger partial charge in [0.2, 0.25) is 0 Å². The van der Waals surface area contributed by atoms with E-state index >= 15 is 0 Å². The van der Waals surface area contributed by atoms with Crippen molar-refractivity contribution < 1.29 is 0 Å². The van der Waals surface area contributed by atoms with Gasteiger partial charge in [-0.3, -0.25) is 0 Å². The van der Waals surface area contributed by atoms with Crippen LogP contribution >= 0.6 is 0 Å². The lowest BCUT2D eigenvalue weighted by molar-refractivity contribution is 0.179.